The number of rotatable bonds is 8. The van der Waals surface area contributed by atoms with Crippen LogP contribution in [0, 0.1) is 13.8 Å². The lowest BCUT2D eigenvalue weighted by molar-refractivity contribution is -0.114. The first kappa shape index (κ1) is 22.2. The maximum absolute atomic E-state index is 12.8. The summed E-state index contributed by atoms with van der Waals surface area (Å²) in [6.45, 7) is 8.05. The molecule has 0 saturated heterocycles. The molecule has 0 unspecified atom stereocenters. The first-order valence-corrected chi connectivity index (χ1v) is 10.9. The van der Waals surface area contributed by atoms with E-state index in [4.69, 9.17) is 11.6 Å². The first-order valence-electron chi connectivity index (χ1n) is 9.09. The standard InChI is InChI=1S/C20H26ClN3O3S/c1-5-24(6-2)28(26,27)19-12-17(10-8-15(19)4)22-13-20(25)23-18-11-16(21)9-7-14(18)3/h7-12,22H,5-6,13H2,1-4H3,(H,23,25). The first-order chi connectivity index (χ1) is 13.2. The van der Waals surface area contributed by atoms with E-state index in [0.29, 0.717) is 35.1 Å². The van der Waals surface area contributed by atoms with Crippen LogP contribution >= 0.6 is 11.6 Å². The van der Waals surface area contributed by atoms with Gasteiger partial charge in [0, 0.05) is 29.5 Å². The molecule has 0 aliphatic heterocycles. The molecular formula is C20H26ClN3O3S. The molecule has 0 radical (unpaired) electrons. The van der Waals surface area contributed by atoms with Crippen molar-refractivity contribution in [1.82, 2.24) is 4.31 Å². The molecule has 8 heteroatoms. The van der Waals surface area contributed by atoms with Gasteiger partial charge in [-0.3, -0.25) is 4.79 Å². The van der Waals surface area contributed by atoms with Crippen LogP contribution in [0.25, 0.3) is 0 Å². The molecule has 152 valence electrons. The molecule has 2 aromatic carbocycles. The fourth-order valence-corrected chi connectivity index (χ4v) is 4.68. The summed E-state index contributed by atoms with van der Waals surface area (Å²) in [4.78, 5) is 12.5. The highest BCUT2D eigenvalue weighted by Gasteiger charge is 2.23. The Morgan fingerprint density at radius 3 is 2.32 bits per heavy atom. The number of anilines is 2. The molecule has 0 fully saturated rings. The van der Waals surface area contributed by atoms with E-state index >= 15 is 0 Å². The topological polar surface area (TPSA) is 78.5 Å². The minimum absolute atomic E-state index is 0.000226. The molecule has 0 spiro atoms. The predicted octanol–water partition coefficient (Wildman–Crippen LogP) is 4.04. The zero-order chi connectivity index (χ0) is 20.9. The van der Waals surface area contributed by atoms with E-state index in [1.54, 1.807) is 51.1 Å². The molecule has 0 heterocycles. The van der Waals surface area contributed by atoms with Crippen LogP contribution < -0.4 is 10.6 Å². The molecule has 0 aliphatic carbocycles. The van der Waals surface area contributed by atoms with Crippen molar-refractivity contribution in [2.45, 2.75) is 32.6 Å². The number of carbonyl (C=O) groups is 1. The number of nitrogens with one attached hydrogen (secondary N) is 2. The Morgan fingerprint density at radius 1 is 1.04 bits per heavy atom. The van der Waals surface area contributed by atoms with E-state index in [1.807, 2.05) is 13.0 Å². The molecule has 2 aromatic rings. The molecule has 0 aliphatic rings. The minimum atomic E-state index is -3.57. The molecule has 28 heavy (non-hydrogen) atoms. The molecule has 6 nitrogen and oxygen atoms in total. The summed E-state index contributed by atoms with van der Waals surface area (Å²) < 4.78 is 27.1. The van der Waals surface area contributed by atoms with Gasteiger partial charge in [-0.05, 0) is 49.2 Å². The Labute approximate surface area is 171 Å². The lowest BCUT2D eigenvalue weighted by Gasteiger charge is -2.20. The summed E-state index contributed by atoms with van der Waals surface area (Å²) in [7, 11) is -3.57. The highest BCUT2D eigenvalue weighted by molar-refractivity contribution is 7.89. The molecule has 0 bridgehead atoms. The molecule has 0 aromatic heterocycles. The quantitative estimate of drug-likeness (QED) is 0.671. The molecule has 2 rings (SSSR count). The van der Waals surface area contributed by atoms with Gasteiger partial charge in [0.15, 0.2) is 0 Å². The Kier molecular flexibility index (Phi) is 7.46. The Balaban J connectivity index is 2.13. The van der Waals surface area contributed by atoms with Gasteiger partial charge in [0.2, 0.25) is 15.9 Å². The van der Waals surface area contributed by atoms with Crippen molar-refractivity contribution >= 4 is 38.9 Å². The van der Waals surface area contributed by atoms with Crippen molar-refractivity contribution in [2.24, 2.45) is 0 Å². The Bertz CT molecular complexity index is 957. The van der Waals surface area contributed by atoms with Gasteiger partial charge in [-0.15, -0.1) is 0 Å². The minimum Gasteiger partial charge on any atom is -0.376 e. The number of amides is 1. The van der Waals surface area contributed by atoms with Crippen LogP contribution in [0.5, 0.6) is 0 Å². The van der Waals surface area contributed by atoms with Crippen LogP contribution in [-0.4, -0.2) is 38.3 Å². The fraction of sp³-hybridized carbons (Fsp3) is 0.350. The van der Waals surface area contributed by atoms with Gasteiger partial charge in [-0.1, -0.05) is 37.6 Å². The van der Waals surface area contributed by atoms with Crippen molar-refractivity contribution in [3.05, 3.63) is 52.5 Å². The second-order valence-corrected chi connectivity index (χ2v) is 8.77. The van der Waals surface area contributed by atoms with Crippen molar-refractivity contribution in [3.63, 3.8) is 0 Å². The number of halogens is 1. The number of aryl methyl sites for hydroxylation is 2. The van der Waals surface area contributed by atoms with Gasteiger partial charge in [-0.2, -0.15) is 4.31 Å². The predicted molar refractivity (Wildman–Crippen MR) is 115 cm³/mol. The summed E-state index contributed by atoms with van der Waals surface area (Å²) in [5, 5.41) is 6.33. The van der Waals surface area contributed by atoms with E-state index in [-0.39, 0.29) is 17.3 Å². The second-order valence-electron chi connectivity index (χ2n) is 6.43. The van der Waals surface area contributed by atoms with E-state index in [9.17, 15) is 13.2 Å². The van der Waals surface area contributed by atoms with Crippen LogP contribution in [0.2, 0.25) is 5.02 Å². The van der Waals surface area contributed by atoms with Crippen molar-refractivity contribution in [3.8, 4) is 0 Å². The molecule has 1 amide bonds. The van der Waals surface area contributed by atoms with Crippen LogP contribution in [-0.2, 0) is 14.8 Å². The maximum atomic E-state index is 12.8. The zero-order valence-corrected chi connectivity index (χ0v) is 18.1. The number of benzene rings is 2. The highest BCUT2D eigenvalue weighted by Crippen LogP contribution is 2.24. The number of hydrogen-bond donors (Lipinski definition) is 2. The zero-order valence-electron chi connectivity index (χ0n) is 16.5. The Morgan fingerprint density at radius 2 is 1.68 bits per heavy atom. The largest absolute Gasteiger partial charge is 0.376 e. The lowest BCUT2D eigenvalue weighted by Crippen LogP contribution is -2.31. The summed E-state index contributed by atoms with van der Waals surface area (Å²) in [6.07, 6.45) is 0. The van der Waals surface area contributed by atoms with E-state index in [2.05, 4.69) is 10.6 Å². The summed E-state index contributed by atoms with van der Waals surface area (Å²) in [6, 6.07) is 10.3. The van der Waals surface area contributed by atoms with E-state index in [1.165, 1.54) is 4.31 Å². The number of carbonyl (C=O) groups excluding carboxylic acids is 1. The number of nitrogens with zero attached hydrogens (tertiary/aromatic N) is 1. The average Bonchev–Trinajstić information content (AvgIpc) is 2.64. The normalized spacial score (nSPS) is 11.5. The fourth-order valence-electron chi connectivity index (χ4n) is 2.80. The van der Waals surface area contributed by atoms with Crippen molar-refractivity contribution < 1.29 is 13.2 Å². The SMILES string of the molecule is CCN(CC)S(=O)(=O)c1cc(NCC(=O)Nc2cc(Cl)ccc2C)ccc1C. The van der Waals surface area contributed by atoms with Crippen molar-refractivity contribution in [2.75, 3.05) is 30.3 Å². The van der Waals surface area contributed by atoms with Crippen LogP contribution in [0.15, 0.2) is 41.3 Å². The molecule has 0 saturated carbocycles. The average molecular weight is 424 g/mol. The van der Waals surface area contributed by atoms with Gasteiger partial charge in [0.1, 0.15) is 0 Å². The highest BCUT2D eigenvalue weighted by atomic mass is 35.5. The van der Waals surface area contributed by atoms with Crippen LogP contribution in [0.3, 0.4) is 0 Å². The van der Waals surface area contributed by atoms with Gasteiger partial charge in [-0.25, -0.2) is 8.42 Å². The lowest BCUT2D eigenvalue weighted by atomic mass is 10.2. The number of sulfonamides is 1. The second kappa shape index (κ2) is 9.41. The van der Waals surface area contributed by atoms with Gasteiger partial charge < -0.3 is 10.6 Å². The maximum Gasteiger partial charge on any atom is 0.243 e. The van der Waals surface area contributed by atoms with E-state index in [0.717, 1.165) is 5.56 Å². The van der Waals surface area contributed by atoms with Gasteiger partial charge in [0.25, 0.3) is 0 Å². The van der Waals surface area contributed by atoms with E-state index < -0.39 is 10.0 Å². The molecule has 0 atom stereocenters. The summed E-state index contributed by atoms with van der Waals surface area (Å²) in [5.41, 5.74) is 2.78. The van der Waals surface area contributed by atoms with Crippen LogP contribution in [0.4, 0.5) is 11.4 Å². The van der Waals surface area contributed by atoms with Crippen molar-refractivity contribution in [1.29, 1.82) is 0 Å². The molecule has 2 N–H and O–H groups in total. The van der Waals surface area contributed by atoms with Crippen LogP contribution in [0.1, 0.15) is 25.0 Å². The number of hydrogen-bond acceptors (Lipinski definition) is 4. The summed E-state index contributed by atoms with van der Waals surface area (Å²) in [5.74, 6) is -0.251. The Hall–Kier alpha value is -2.09. The third-order valence-corrected chi connectivity index (χ3v) is 6.87. The third-order valence-electron chi connectivity index (χ3n) is 4.44. The third kappa shape index (κ3) is 5.25. The van der Waals surface area contributed by atoms with Gasteiger partial charge in [0.05, 0.1) is 11.4 Å². The molecular weight excluding hydrogens is 398 g/mol. The summed E-state index contributed by atoms with van der Waals surface area (Å²) >= 11 is 5.97. The van der Waals surface area contributed by atoms with Gasteiger partial charge >= 0.3 is 0 Å². The monoisotopic (exact) mass is 423 g/mol. The smallest absolute Gasteiger partial charge is 0.243 e.